The van der Waals surface area contributed by atoms with E-state index in [9.17, 15) is 0 Å². The fourth-order valence-corrected chi connectivity index (χ4v) is 2.80. The quantitative estimate of drug-likeness (QED) is 0.841. The third-order valence-electron chi connectivity index (χ3n) is 4.17. The van der Waals surface area contributed by atoms with Crippen molar-refractivity contribution in [3.63, 3.8) is 0 Å². The standard InChI is InChI=1S/C18H30N2O/c1-5-11-21-12-10-20-14-17(18(2,3)4)19-13-15-8-6-7-9-16(15)20/h6-9,17,19H,5,10-14H2,1-4H3. The molecule has 118 valence electrons. The molecule has 1 N–H and O–H groups in total. The SMILES string of the molecule is CCCOCCN1CC(C(C)(C)C)NCc2ccccc21. The summed E-state index contributed by atoms with van der Waals surface area (Å²) in [5.74, 6) is 0. The number of benzene rings is 1. The molecular weight excluding hydrogens is 260 g/mol. The Labute approximate surface area is 129 Å². The average molecular weight is 290 g/mol. The van der Waals surface area contributed by atoms with Gasteiger partial charge >= 0.3 is 0 Å². The normalized spacial score (nSPS) is 19.2. The first-order valence-corrected chi connectivity index (χ1v) is 8.16. The summed E-state index contributed by atoms with van der Waals surface area (Å²) in [4.78, 5) is 2.49. The van der Waals surface area contributed by atoms with Gasteiger partial charge in [-0.3, -0.25) is 0 Å². The minimum Gasteiger partial charge on any atom is -0.380 e. The van der Waals surface area contributed by atoms with Gasteiger partial charge in [0.05, 0.1) is 6.61 Å². The van der Waals surface area contributed by atoms with Crippen molar-refractivity contribution in [1.29, 1.82) is 0 Å². The summed E-state index contributed by atoms with van der Waals surface area (Å²) in [6.07, 6.45) is 1.09. The van der Waals surface area contributed by atoms with Crippen LogP contribution < -0.4 is 10.2 Å². The Morgan fingerprint density at radius 2 is 2.00 bits per heavy atom. The van der Waals surface area contributed by atoms with Crippen molar-refractivity contribution in [1.82, 2.24) is 5.32 Å². The second kappa shape index (κ2) is 7.28. The molecule has 2 rings (SSSR count). The molecule has 1 aliphatic rings. The van der Waals surface area contributed by atoms with Crippen LogP contribution in [0.4, 0.5) is 5.69 Å². The highest BCUT2D eigenvalue weighted by molar-refractivity contribution is 5.54. The maximum atomic E-state index is 5.70. The molecule has 21 heavy (non-hydrogen) atoms. The van der Waals surface area contributed by atoms with E-state index in [0.29, 0.717) is 6.04 Å². The zero-order valence-corrected chi connectivity index (χ0v) is 14.0. The Balaban J connectivity index is 2.12. The van der Waals surface area contributed by atoms with Crippen LogP contribution in [0, 0.1) is 5.41 Å². The van der Waals surface area contributed by atoms with Crippen molar-refractivity contribution in [3.8, 4) is 0 Å². The van der Waals surface area contributed by atoms with Gasteiger partial charge in [0.15, 0.2) is 0 Å². The van der Waals surface area contributed by atoms with Crippen LogP contribution in [0.5, 0.6) is 0 Å². The van der Waals surface area contributed by atoms with Gasteiger partial charge in [0, 0.05) is 38.0 Å². The summed E-state index contributed by atoms with van der Waals surface area (Å²) in [6, 6.07) is 9.21. The molecular formula is C18H30N2O. The lowest BCUT2D eigenvalue weighted by Crippen LogP contribution is -2.47. The molecule has 0 amide bonds. The molecule has 0 saturated carbocycles. The van der Waals surface area contributed by atoms with Crippen molar-refractivity contribution in [2.75, 3.05) is 31.2 Å². The van der Waals surface area contributed by atoms with Gasteiger partial charge in [0.1, 0.15) is 0 Å². The van der Waals surface area contributed by atoms with E-state index in [1.807, 2.05) is 0 Å². The number of anilines is 1. The van der Waals surface area contributed by atoms with Crippen LogP contribution in [0.15, 0.2) is 24.3 Å². The second-order valence-electron chi connectivity index (χ2n) is 6.99. The Hall–Kier alpha value is -1.06. The van der Waals surface area contributed by atoms with E-state index in [1.165, 1.54) is 11.3 Å². The molecule has 1 unspecified atom stereocenters. The van der Waals surface area contributed by atoms with Crippen molar-refractivity contribution in [2.45, 2.75) is 46.7 Å². The molecule has 0 radical (unpaired) electrons. The highest BCUT2D eigenvalue weighted by atomic mass is 16.5. The summed E-state index contributed by atoms with van der Waals surface area (Å²) in [5.41, 5.74) is 3.00. The fraction of sp³-hybridized carbons (Fsp3) is 0.667. The molecule has 0 bridgehead atoms. The third kappa shape index (κ3) is 4.45. The second-order valence-corrected chi connectivity index (χ2v) is 6.99. The van der Waals surface area contributed by atoms with Gasteiger partial charge in [-0.25, -0.2) is 0 Å². The Kier molecular flexibility index (Phi) is 5.65. The van der Waals surface area contributed by atoms with Crippen LogP contribution in [0.25, 0.3) is 0 Å². The topological polar surface area (TPSA) is 24.5 Å². The maximum absolute atomic E-state index is 5.70. The molecule has 0 aliphatic carbocycles. The van der Waals surface area contributed by atoms with Gasteiger partial charge in [-0.1, -0.05) is 45.9 Å². The largest absolute Gasteiger partial charge is 0.380 e. The Bertz CT molecular complexity index is 439. The summed E-state index contributed by atoms with van der Waals surface area (Å²) in [6.45, 7) is 13.7. The monoisotopic (exact) mass is 290 g/mol. The number of fused-ring (bicyclic) bond motifs is 1. The summed E-state index contributed by atoms with van der Waals surface area (Å²) >= 11 is 0. The molecule has 1 aromatic rings. The van der Waals surface area contributed by atoms with Crippen LogP contribution in [0.1, 0.15) is 39.7 Å². The minimum atomic E-state index is 0.255. The number of hydrogen-bond donors (Lipinski definition) is 1. The molecule has 3 heteroatoms. The predicted octanol–water partition coefficient (Wildman–Crippen LogP) is 3.44. The fourth-order valence-electron chi connectivity index (χ4n) is 2.80. The Morgan fingerprint density at radius 1 is 1.24 bits per heavy atom. The lowest BCUT2D eigenvalue weighted by Gasteiger charge is -2.34. The van der Waals surface area contributed by atoms with Gasteiger partial charge < -0.3 is 15.0 Å². The van der Waals surface area contributed by atoms with Crippen molar-refractivity contribution in [3.05, 3.63) is 29.8 Å². The number of ether oxygens (including phenoxy) is 1. The molecule has 1 aromatic carbocycles. The number of nitrogens with one attached hydrogen (secondary N) is 1. The van der Waals surface area contributed by atoms with Crippen LogP contribution in [-0.4, -0.2) is 32.3 Å². The van der Waals surface area contributed by atoms with Crippen molar-refractivity contribution < 1.29 is 4.74 Å². The van der Waals surface area contributed by atoms with Gasteiger partial charge in [0.25, 0.3) is 0 Å². The number of hydrogen-bond acceptors (Lipinski definition) is 3. The maximum Gasteiger partial charge on any atom is 0.0641 e. The molecule has 0 aromatic heterocycles. The zero-order chi connectivity index (χ0) is 15.3. The van der Waals surface area contributed by atoms with E-state index in [1.54, 1.807) is 0 Å². The highest BCUT2D eigenvalue weighted by Gasteiger charge is 2.29. The number of rotatable bonds is 5. The van der Waals surface area contributed by atoms with E-state index in [2.05, 4.69) is 62.2 Å². The van der Waals surface area contributed by atoms with E-state index in [-0.39, 0.29) is 5.41 Å². The summed E-state index contributed by atoms with van der Waals surface area (Å²) in [5, 5.41) is 3.73. The first-order chi connectivity index (χ1) is 10.0. The third-order valence-corrected chi connectivity index (χ3v) is 4.17. The minimum absolute atomic E-state index is 0.255. The van der Waals surface area contributed by atoms with E-state index in [0.717, 1.165) is 39.3 Å². The lowest BCUT2D eigenvalue weighted by molar-refractivity contribution is 0.139. The number of nitrogens with zero attached hydrogens (tertiary/aromatic N) is 1. The van der Waals surface area contributed by atoms with Crippen LogP contribution in [0.2, 0.25) is 0 Å². The van der Waals surface area contributed by atoms with E-state index < -0.39 is 0 Å². The van der Waals surface area contributed by atoms with Gasteiger partial charge in [-0.2, -0.15) is 0 Å². The van der Waals surface area contributed by atoms with Gasteiger partial charge in [0.2, 0.25) is 0 Å². The molecule has 3 nitrogen and oxygen atoms in total. The smallest absolute Gasteiger partial charge is 0.0641 e. The van der Waals surface area contributed by atoms with Crippen LogP contribution in [0.3, 0.4) is 0 Å². The molecule has 1 atom stereocenters. The predicted molar refractivity (Wildman–Crippen MR) is 89.8 cm³/mol. The van der Waals surface area contributed by atoms with Crippen molar-refractivity contribution >= 4 is 5.69 Å². The highest BCUT2D eigenvalue weighted by Crippen LogP contribution is 2.28. The molecule has 0 fully saturated rings. The van der Waals surface area contributed by atoms with Gasteiger partial charge in [-0.15, -0.1) is 0 Å². The lowest BCUT2D eigenvalue weighted by atomic mass is 9.86. The van der Waals surface area contributed by atoms with E-state index >= 15 is 0 Å². The molecule has 0 spiro atoms. The summed E-state index contributed by atoms with van der Waals surface area (Å²) in [7, 11) is 0. The van der Waals surface area contributed by atoms with Gasteiger partial charge in [-0.05, 0) is 23.5 Å². The first kappa shape index (κ1) is 16.3. The molecule has 1 heterocycles. The Morgan fingerprint density at radius 3 is 2.71 bits per heavy atom. The summed E-state index contributed by atoms with van der Waals surface area (Å²) < 4.78 is 5.70. The zero-order valence-electron chi connectivity index (χ0n) is 14.0. The molecule has 0 saturated heterocycles. The molecule has 1 aliphatic heterocycles. The van der Waals surface area contributed by atoms with Crippen LogP contribution in [-0.2, 0) is 11.3 Å². The van der Waals surface area contributed by atoms with Crippen molar-refractivity contribution in [2.24, 2.45) is 5.41 Å². The number of para-hydroxylation sites is 1. The average Bonchev–Trinajstić information content (AvgIpc) is 2.63. The van der Waals surface area contributed by atoms with Crippen LogP contribution >= 0.6 is 0 Å². The van der Waals surface area contributed by atoms with E-state index in [4.69, 9.17) is 4.74 Å². The first-order valence-electron chi connectivity index (χ1n) is 8.16.